The zero-order chi connectivity index (χ0) is 15.3. The minimum Gasteiger partial charge on any atom is -0.313 e. The zero-order valence-electron chi connectivity index (χ0n) is 14.3. The summed E-state index contributed by atoms with van der Waals surface area (Å²) in [6, 6.07) is 9.24. The van der Waals surface area contributed by atoms with E-state index in [9.17, 15) is 0 Å². The maximum atomic E-state index is 3.51. The number of nitrogens with one attached hydrogen (secondary N) is 1. The SMILES string of the molecule is CCC1(CC)CCN(CCC(NC)c2ccccc2C)C1. The topological polar surface area (TPSA) is 15.3 Å². The van der Waals surface area contributed by atoms with E-state index in [4.69, 9.17) is 0 Å². The highest BCUT2D eigenvalue weighted by Crippen LogP contribution is 2.37. The Labute approximate surface area is 130 Å². The number of hydrogen-bond acceptors (Lipinski definition) is 2. The monoisotopic (exact) mass is 288 g/mol. The van der Waals surface area contributed by atoms with E-state index in [1.165, 1.54) is 56.4 Å². The van der Waals surface area contributed by atoms with Gasteiger partial charge < -0.3 is 10.2 Å². The van der Waals surface area contributed by atoms with E-state index in [1.54, 1.807) is 0 Å². The second-order valence-corrected chi connectivity index (χ2v) is 6.72. The Hall–Kier alpha value is -0.860. The van der Waals surface area contributed by atoms with Crippen molar-refractivity contribution in [1.29, 1.82) is 0 Å². The van der Waals surface area contributed by atoms with Gasteiger partial charge in [0.2, 0.25) is 0 Å². The molecule has 118 valence electrons. The van der Waals surface area contributed by atoms with Crippen LogP contribution < -0.4 is 5.32 Å². The Morgan fingerprint density at radius 2 is 1.95 bits per heavy atom. The molecule has 1 aromatic carbocycles. The van der Waals surface area contributed by atoms with E-state index in [0.717, 1.165) is 0 Å². The highest BCUT2D eigenvalue weighted by Gasteiger charge is 2.34. The van der Waals surface area contributed by atoms with Gasteiger partial charge in [0.05, 0.1) is 0 Å². The van der Waals surface area contributed by atoms with Crippen LogP contribution in [0.2, 0.25) is 0 Å². The van der Waals surface area contributed by atoms with Gasteiger partial charge >= 0.3 is 0 Å². The maximum Gasteiger partial charge on any atom is 0.0332 e. The van der Waals surface area contributed by atoms with Crippen LogP contribution in [-0.4, -0.2) is 31.6 Å². The molecule has 21 heavy (non-hydrogen) atoms. The first-order valence-electron chi connectivity index (χ1n) is 8.59. The second kappa shape index (κ2) is 7.42. The van der Waals surface area contributed by atoms with Gasteiger partial charge in [-0.25, -0.2) is 0 Å². The molecule has 0 spiro atoms. The smallest absolute Gasteiger partial charge is 0.0332 e. The summed E-state index contributed by atoms with van der Waals surface area (Å²) in [4.78, 5) is 2.68. The summed E-state index contributed by atoms with van der Waals surface area (Å²) >= 11 is 0. The minimum absolute atomic E-state index is 0.476. The van der Waals surface area contributed by atoms with Gasteiger partial charge in [0.25, 0.3) is 0 Å². The summed E-state index contributed by atoms with van der Waals surface area (Å²) in [5.41, 5.74) is 3.45. The van der Waals surface area contributed by atoms with Gasteiger partial charge in [0.15, 0.2) is 0 Å². The summed E-state index contributed by atoms with van der Waals surface area (Å²) in [6.45, 7) is 10.7. The van der Waals surface area contributed by atoms with Crippen LogP contribution in [0.1, 0.15) is 56.7 Å². The maximum absolute atomic E-state index is 3.51. The molecule has 2 heteroatoms. The summed E-state index contributed by atoms with van der Waals surface area (Å²) in [5, 5.41) is 3.51. The lowest BCUT2D eigenvalue weighted by Crippen LogP contribution is -2.29. The fraction of sp³-hybridized carbons (Fsp3) is 0.684. The largest absolute Gasteiger partial charge is 0.313 e. The summed E-state index contributed by atoms with van der Waals surface area (Å²) in [5.74, 6) is 0. The van der Waals surface area contributed by atoms with Crippen molar-refractivity contribution >= 4 is 0 Å². The van der Waals surface area contributed by atoms with Gasteiger partial charge in [-0.05, 0) is 69.3 Å². The molecule has 1 aliphatic rings. The van der Waals surface area contributed by atoms with Gasteiger partial charge in [-0.1, -0.05) is 38.1 Å². The van der Waals surface area contributed by atoms with Crippen LogP contribution in [0.4, 0.5) is 0 Å². The summed E-state index contributed by atoms with van der Waals surface area (Å²) in [6.07, 6.45) is 5.24. The summed E-state index contributed by atoms with van der Waals surface area (Å²) < 4.78 is 0. The van der Waals surface area contributed by atoms with E-state index < -0.39 is 0 Å². The van der Waals surface area contributed by atoms with Crippen LogP contribution in [-0.2, 0) is 0 Å². The molecule has 0 radical (unpaired) electrons. The predicted octanol–water partition coefficient (Wildman–Crippen LogP) is 4.16. The number of likely N-dealkylation sites (tertiary alicyclic amines) is 1. The van der Waals surface area contributed by atoms with E-state index in [1.807, 2.05) is 0 Å². The van der Waals surface area contributed by atoms with Crippen LogP contribution in [0.25, 0.3) is 0 Å². The van der Waals surface area contributed by atoms with Gasteiger partial charge in [-0.2, -0.15) is 0 Å². The molecule has 1 heterocycles. The molecular formula is C19H32N2. The molecule has 1 atom stereocenters. The third-order valence-electron chi connectivity index (χ3n) is 5.66. The highest BCUT2D eigenvalue weighted by atomic mass is 15.2. The van der Waals surface area contributed by atoms with Gasteiger partial charge in [-0.3, -0.25) is 0 Å². The van der Waals surface area contributed by atoms with E-state index in [0.29, 0.717) is 11.5 Å². The third-order valence-corrected chi connectivity index (χ3v) is 5.66. The van der Waals surface area contributed by atoms with Crippen molar-refractivity contribution in [2.75, 3.05) is 26.7 Å². The molecule has 1 unspecified atom stereocenters. The molecule has 0 saturated carbocycles. The van der Waals surface area contributed by atoms with Crippen molar-refractivity contribution in [2.45, 2.75) is 52.5 Å². The van der Waals surface area contributed by atoms with Crippen molar-refractivity contribution in [3.63, 3.8) is 0 Å². The molecule has 1 aromatic rings. The van der Waals surface area contributed by atoms with Crippen LogP contribution in [0.15, 0.2) is 24.3 Å². The molecule has 2 rings (SSSR count). The van der Waals surface area contributed by atoms with Crippen LogP contribution in [0.5, 0.6) is 0 Å². The lowest BCUT2D eigenvalue weighted by atomic mass is 9.82. The first kappa shape index (κ1) is 16.5. The van der Waals surface area contributed by atoms with Crippen LogP contribution in [0, 0.1) is 12.3 Å². The Balaban J connectivity index is 1.92. The quantitative estimate of drug-likeness (QED) is 0.810. The Morgan fingerprint density at radius 1 is 1.24 bits per heavy atom. The fourth-order valence-corrected chi connectivity index (χ4v) is 3.79. The minimum atomic E-state index is 0.476. The van der Waals surface area contributed by atoms with Crippen molar-refractivity contribution in [3.8, 4) is 0 Å². The molecule has 1 fully saturated rings. The molecule has 2 nitrogen and oxygen atoms in total. The van der Waals surface area contributed by atoms with Crippen LogP contribution in [0.3, 0.4) is 0 Å². The molecule has 0 amide bonds. The number of aryl methyl sites for hydroxylation is 1. The second-order valence-electron chi connectivity index (χ2n) is 6.72. The van der Waals surface area contributed by atoms with Gasteiger partial charge in [-0.15, -0.1) is 0 Å². The van der Waals surface area contributed by atoms with E-state index >= 15 is 0 Å². The molecule has 0 aromatic heterocycles. The number of rotatable bonds is 7. The first-order chi connectivity index (χ1) is 10.1. The van der Waals surface area contributed by atoms with E-state index in [2.05, 4.69) is 62.3 Å². The van der Waals surface area contributed by atoms with Crippen molar-refractivity contribution in [2.24, 2.45) is 5.41 Å². The Morgan fingerprint density at radius 3 is 2.52 bits per heavy atom. The molecule has 0 aliphatic carbocycles. The molecule has 1 N–H and O–H groups in total. The van der Waals surface area contributed by atoms with Gasteiger partial charge in [0.1, 0.15) is 0 Å². The zero-order valence-corrected chi connectivity index (χ0v) is 14.3. The number of hydrogen-bond donors (Lipinski definition) is 1. The van der Waals surface area contributed by atoms with Gasteiger partial charge in [0, 0.05) is 12.6 Å². The predicted molar refractivity (Wildman–Crippen MR) is 91.7 cm³/mol. The Kier molecular flexibility index (Phi) is 5.83. The number of benzene rings is 1. The number of nitrogens with zero attached hydrogens (tertiary/aromatic N) is 1. The lowest BCUT2D eigenvalue weighted by Gasteiger charge is -2.27. The average Bonchev–Trinajstić information content (AvgIpc) is 2.94. The fourth-order valence-electron chi connectivity index (χ4n) is 3.79. The molecule has 1 aliphatic heterocycles. The van der Waals surface area contributed by atoms with Crippen molar-refractivity contribution in [3.05, 3.63) is 35.4 Å². The van der Waals surface area contributed by atoms with E-state index in [-0.39, 0.29) is 0 Å². The highest BCUT2D eigenvalue weighted by molar-refractivity contribution is 5.28. The first-order valence-corrected chi connectivity index (χ1v) is 8.59. The average molecular weight is 288 g/mol. The molecule has 0 bridgehead atoms. The lowest BCUT2D eigenvalue weighted by molar-refractivity contribution is 0.234. The van der Waals surface area contributed by atoms with Crippen molar-refractivity contribution in [1.82, 2.24) is 10.2 Å². The van der Waals surface area contributed by atoms with Crippen LogP contribution >= 0.6 is 0 Å². The summed E-state index contributed by atoms with van der Waals surface area (Å²) in [7, 11) is 2.09. The van der Waals surface area contributed by atoms with Crippen molar-refractivity contribution < 1.29 is 0 Å². The molecule has 1 saturated heterocycles. The Bertz CT molecular complexity index is 437. The third kappa shape index (κ3) is 3.87. The standard InChI is InChI=1S/C19H32N2/c1-5-19(6-2)12-14-21(15-19)13-11-18(20-4)17-10-8-7-9-16(17)3/h7-10,18,20H,5-6,11-15H2,1-4H3. The molecular weight excluding hydrogens is 256 g/mol. The normalized spacial score (nSPS) is 19.8.